The van der Waals surface area contributed by atoms with Crippen molar-refractivity contribution in [1.29, 1.82) is 0 Å². The van der Waals surface area contributed by atoms with Crippen LogP contribution in [0.2, 0.25) is 0 Å². The molecule has 0 aliphatic carbocycles. The zero-order chi connectivity index (χ0) is 22.4. The number of rotatable bonds is 7. The van der Waals surface area contributed by atoms with E-state index < -0.39 is 11.9 Å². The van der Waals surface area contributed by atoms with Crippen LogP contribution in [-0.4, -0.2) is 34.7 Å². The fourth-order valence-corrected chi connectivity index (χ4v) is 0.965. The van der Waals surface area contributed by atoms with Gasteiger partial charge in [0.2, 0.25) is 0 Å². The molecule has 0 aliphatic heterocycles. The summed E-state index contributed by atoms with van der Waals surface area (Å²) in [7, 11) is 0. The van der Waals surface area contributed by atoms with Gasteiger partial charge in [0.1, 0.15) is 0 Å². The van der Waals surface area contributed by atoms with Gasteiger partial charge in [-0.1, -0.05) is 76.1 Å². The lowest BCUT2D eigenvalue weighted by atomic mass is 10.2. The first-order valence-corrected chi connectivity index (χ1v) is 8.36. The lowest BCUT2D eigenvalue weighted by molar-refractivity contribution is -0.138. The van der Waals surface area contributed by atoms with Crippen molar-refractivity contribution in [2.24, 2.45) is 0 Å². The average Bonchev–Trinajstić information content (AvgIpc) is 2.69. The summed E-state index contributed by atoms with van der Waals surface area (Å²) in [5, 5.41) is 15.5. The quantitative estimate of drug-likeness (QED) is 0.396. The van der Waals surface area contributed by atoms with Crippen LogP contribution in [0.4, 0.5) is 0 Å². The molecule has 2 N–H and O–H groups in total. The number of aliphatic carboxylic acids is 2. The van der Waals surface area contributed by atoms with Crippen molar-refractivity contribution in [2.75, 3.05) is 6.61 Å². The third kappa shape index (κ3) is 27.4. The highest BCUT2D eigenvalue weighted by Crippen LogP contribution is 1.97. The molecule has 0 unspecified atom stereocenters. The topological polar surface area (TPSA) is 101 Å². The van der Waals surface area contributed by atoms with Gasteiger partial charge in [-0.05, 0) is 18.9 Å². The number of carbonyl (C=O) groups excluding carboxylic acids is 1. The van der Waals surface area contributed by atoms with Crippen LogP contribution in [0, 0.1) is 0 Å². The molecule has 0 fully saturated rings. The number of carboxylic acids is 2. The van der Waals surface area contributed by atoms with Gasteiger partial charge in [-0.25, -0.2) is 14.4 Å². The summed E-state index contributed by atoms with van der Waals surface area (Å²) in [5.41, 5.74) is 1.35. The number of carboxylic acid groups (broad SMARTS) is 2. The van der Waals surface area contributed by atoms with Gasteiger partial charge in [0.15, 0.2) is 0 Å². The van der Waals surface area contributed by atoms with E-state index >= 15 is 0 Å². The van der Waals surface area contributed by atoms with Crippen molar-refractivity contribution in [3.05, 3.63) is 79.9 Å². The molecule has 1 aromatic rings. The van der Waals surface area contributed by atoms with Gasteiger partial charge in [-0.2, -0.15) is 0 Å². The van der Waals surface area contributed by atoms with Crippen LogP contribution in [0.3, 0.4) is 0 Å². The van der Waals surface area contributed by atoms with Crippen molar-refractivity contribution in [3.8, 4) is 0 Å². The maximum atomic E-state index is 10.3. The zero-order valence-electron chi connectivity index (χ0n) is 16.6. The third-order valence-electron chi connectivity index (χ3n) is 2.48. The minimum atomic E-state index is -0.981. The highest BCUT2D eigenvalue weighted by molar-refractivity contribution is 5.84. The number of hydrogen-bond acceptors (Lipinski definition) is 4. The molecule has 0 atom stereocenters. The number of unbranched alkanes of at least 4 members (excludes halogenated alkanes) is 1. The first kappa shape index (κ1) is 29.4. The Kier molecular flexibility index (Phi) is 22.7. The lowest BCUT2D eigenvalue weighted by Gasteiger charge is -1.97. The van der Waals surface area contributed by atoms with E-state index in [-0.39, 0.29) is 11.5 Å². The molecule has 0 bridgehead atoms. The molecule has 0 aromatic heterocycles. The van der Waals surface area contributed by atoms with Crippen LogP contribution < -0.4 is 0 Å². The number of esters is 1. The molecule has 1 aromatic carbocycles. The van der Waals surface area contributed by atoms with E-state index in [2.05, 4.69) is 31.1 Å². The Morgan fingerprint density at radius 3 is 1.75 bits per heavy atom. The van der Waals surface area contributed by atoms with E-state index in [0.717, 1.165) is 18.9 Å². The molecule has 0 radical (unpaired) electrons. The molecule has 0 saturated heterocycles. The SMILES string of the molecule is C=C(C)C(=O)O.C=CC(=O)O.C=CC(=O)OCCCC.C=Cc1ccccc1. The smallest absolute Gasteiger partial charge is 0.330 e. The molecule has 1 rings (SSSR count). The first-order chi connectivity index (χ1) is 13.2. The average molecular weight is 390 g/mol. The van der Waals surface area contributed by atoms with Gasteiger partial charge < -0.3 is 14.9 Å². The Morgan fingerprint density at radius 1 is 1.04 bits per heavy atom. The van der Waals surface area contributed by atoms with E-state index in [1.54, 1.807) is 0 Å². The van der Waals surface area contributed by atoms with Gasteiger partial charge in [0.25, 0.3) is 0 Å². The van der Waals surface area contributed by atoms with Gasteiger partial charge in [-0.15, -0.1) is 0 Å². The van der Waals surface area contributed by atoms with Crippen molar-refractivity contribution in [3.63, 3.8) is 0 Å². The van der Waals surface area contributed by atoms with Gasteiger partial charge in [0, 0.05) is 17.7 Å². The van der Waals surface area contributed by atoms with Gasteiger partial charge in [0.05, 0.1) is 6.61 Å². The van der Waals surface area contributed by atoms with Crippen molar-refractivity contribution >= 4 is 24.0 Å². The van der Waals surface area contributed by atoms with E-state index in [1.165, 1.54) is 18.6 Å². The number of carbonyl (C=O) groups is 3. The standard InChI is InChI=1S/C8H8.C7H12O2.C4H6O2.C3H4O2/c1-2-8-6-4-3-5-7-8;1-3-5-6-9-7(8)4-2;1-3(2)4(5)6;1-2-3(4)5/h2-7H,1H2;4H,2-3,5-6H2,1H3;1H2,2H3,(H,5,6);2H,1H2,(H,4,5). The van der Waals surface area contributed by atoms with Crippen LogP contribution in [-0.2, 0) is 19.1 Å². The zero-order valence-corrected chi connectivity index (χ0v) is 16.6. The number of hydrogen-bond donors (Lipinski definition) is 2. The van der Waals surface area contributed by atoms with Crippen LogP contribution in [0.1, 0.15) is 32.3 Å². The second-order valence-corrected chi connectivity index (χ2v) is 4.97. The van der Waals surface area contributed by atoms with E-state index in [0.29, 0.717) is 6.61 Å². The maximum Gasteiger partial charge on any atom is 0.330 e. The summed E-state index contributed by atoms with van der Waals surface area (Å²) in [6.07, 6.45) is 5.82. The predicted octanol–water partition coefficient (Wildman–Crippen LogP) is 4.75. The molecule has 6 heteroatoms. The lowest BCUT2D eigenvalue weighted by Crippen LogP contribution is -2.00. The van der Waals surface area contributed by atoms with E-state index in [1.807, 2.05) is 43.3 Å². The number of ether oxygens (including phenoxy) is 1. The minimum absolute atomic E-state index is 0.176. The summed E-state index contributed by atoms with van der Waals surface area (Å²) in [5.74, 6) is -2.25. The molecular formula is C22H30O6. The Bertz CT molecular complexity index is 605. The number of benzene rings is 1. The van der Waals surface area contributed by atoms with Crippen LogP contribution in [0.5, 0.6) is 0 Å². The van der Waals surface area contributed by atoms with Crippen LogP contribution in [0.25, 0.3) is 6.08 Å². The first-order valence-electron chi connectivity index (χ1n) is 8.36. The molecular weight excluding hydrogens is 360 g/mol. The Hall–Kier alpha value is -3.41. The Labute approximate surface area is 167 Å². The fourth-order valence-electron chi connectivity index (χ4n) is 0.965. The van der Waals surface area contributed by atoms with Crippen molar-refractivity contribution < 1.29 is 29.3 Å². The summed E-state index contributed by atoms with van der Waals surface area (Å²) in [6.45, 7) is 17.0. The summed E-state index contributed by atoms with van der Waals surface area (Å²) < 4.78 is 4.67. The molecule has 154 valence electrons. The second-order valence-electron chi connectivity index (χ2n) is 4.97. The second kappa shape index (κ2) is 21.6. The highest BCUT2D eigenvalue weighted by atomic mass is 16.5. The minimum Gasteiger partial charge on any atom is -0.478 e. The molecule has 6 nitrogen and oxygen atoms in total. The Balaban J connectivity index is -0.000000306. The molecule has 0 saturated carbocycles. The molecule has 28 heavy (non-hydrogen) atoms. The Morgan fingerprint density at radius 2 is 1.50 bits per heavy atom. The highest BCUT2D eigenvalue weighted by Gasteiger charge is 1.91. The third-order valence-corrected chi connectivity index (χ3v) is 2.48. The molecule has 0 spiro atoms. The van der Waals surface area contributed by atoms with Crippen LogP contribution in [0.15, 0.2) is 74.4 Å². The summed E-state index contributed by atoms with van der Waals surface area (Å²) in [6, 6.07) is 10.0. The van der Waals surface area contributed by atoms with Gasteiger partial charge in [-0.3, -0.25) is 0 Å². The van der Waals surface area contributed by atoms with E-state index in [9.17, 15) is 14.4 Å². The van der Waals surface area contributed by atoms with E-state index in [4.69, 9.17) is 10.2 Å². The summed E-state index contributed by atoms with van der Waals surface area (Å²) >= 11 is 0. The predicted molar refractivity (Wildman–Crippen MR) is 113 cm³/mol. The maximum absolute atomic E-state index is 10.3. The van der Waals surface area contributed by atoms with Crippen LogP contribution >= 0.6 is 0 Å². The van der Waals surface area contributed by atoms with Gasteiger partial charge >= 0.3 is 17.9 Å². The van der Waals surface area contributed by atoms with Crippen molar-refractivity contribution in [1.82, 2.24) is 0 Å². The normalized spacial score (nSPS) is 7.93. The van der Waals surface area contributed by atoms with Crippen molar-refractivity contribution in [2.45, 2.75) is 26.7 Å². The molecule has 0 amide bonds. The largest absolute Gasteiger partial charge is 0.478 e. The fraction of sp³-hybridized carbons (Fsp3) is 0.227. The monoisotopic (exact) mass is 390 g/mol. The summed E-state index contributed by atoms with van der Waals surface area (Å²) in [4.78, 5) is 29.2. The molecule has 0 aliphatic rings. The molecule has 0 heterocycles.